The van der Waals surface area contributed by atoms with Gasteiger partial charge in [-0.3, -0.25) is 0 Å². The summed E-state index contributed by atoms with van der Waals surface area (Å²) in [4.78, 5) is 3.73. The summed E-state index contributed by atoms with van der Waals surface area (Å²) < 4.78 is 6.82. The van der Waals surface area contributed by atoms with Crippen LogP contribution in [0.2, 0.25) is 0 Å². The molecule has 0 aliphatic carbocycles. The van der Waals surface area contributed by atoms with E-state index >= 15 is 0 Å². The van der Waals surface area contributed by atoms with E-state index in [0.29, 0.717) is 6.10 Å². The van der Waals surface area contributed by atoms with E-state index in [4.69, 9.17) is 4.74 Å². The summed E-state index contributed by atoms with van der Waals surface area (Å²) in [6.07, 6.45) is 2.91. The maximum atomic E-state index is 5.64. The highest BCUT2D eigenvalue weighted by Crippen LogP contribution is 2.19. The lowest BCUT2D eigenvalue weighted by Gasteiger charge is -2.20. The first-order valence-electron chi connectivity index (χ1n) is 6.48. The van der Waals surface area contributed by atoms with Gasteiger partial charge in [-0.2, -0.15) is 0 Å². The third-order valence-corrected chi connectivity index (χ3v) is 4.83. The molecular weight excluding hydrogens is 312 g/mol. The normalized spacial score (nSPS) is 19.8. The first-order chi connectivity index (χ1) is 8.74. The minimum atomic E-state index is 0.461. The zero-order valence-electron chi connectivity index (χ0n) is 10.8. The molecule has 102 valence electrons. The monoisotopic (exact) mass is 332 g/mol. The van der Waals surface area contributed by atoms with Crippen LogP contribution in [0.5, 0.6) is 0 Å². The minimum Gasteiger partial charge on any atom is -0.377 e. The highest BCUT2D eigenvalue weighted by Gasteiger charge is 2.16. The first-order valence-corrected chi connectivity index (χ1v) is 8.15. The van der Waals surface area contributed by atoms with E-state index in [1.807, 2.05) is 0 Å². The van der Waals surface area contributed by atoms with Crippen molar-refractivity contribution in [2.45, 2.75) is 25.5 Å². The van der Waals surface area contributed by atoms with Crippen LogP contribution in [-0.2, 0) is 11.3 Å². The molecule has 0 saturated carbocycles. The number of likely N-dealkylation sites (N-methyl/N-ethyl adjacent to an activating group) is 1. The molecule has 1 unspecified atom stereocenters. The van der Waals surface area contributed by atoms with Gasteiger partial charge >= 0.3 is 0 Å². The van der Waals surface area contributed by atoms with Crippen molar-refractivity contribution < 1.29 is 4.74 Å². The average molecular weight is 333 g/mol. The Morgan fingerprint density at radius 1 is 1.61 bits per heavy atom. The number of rotatable bonds is 7. The van der Waals surface area contributed by atoms with Crippen molar-refractivity contribution in [3.05, 3.63) is 20.8 Å². The molecule has 2 heterocycles. The molecule has 0 radical (unpaired) electrons. The number of ether oxygens (including phenoxy) is 1. The van der Waals surface area contributed by atoms with Crippen molar-refractivity contribution in [3.8, 4) is 0 Å². The van der Waals surface area contributed by atoms with Gasteiger partial charge in [-0.25, -0.2) is 0 Å². The van der Waals surface area contributed by atoms with Gasteiger partial charge in [-0.1, -0.05) is 0 Å². The third-order valence-electron chi connectivity index (χ3n) is 3.13. The fourth-order valence-electron chi connectivity index (χ4n) is 2.16. The molecule has 1 N–H and O–H groups in total. The van der Waals surface area contributed by atoms with Crippen LogP contribution in [0.15, 0.2) is 15.9 Å². The van der Waals surface area contributed by atoms with Crippen molar-refractivity contribution in [1.82, 2.24) is 10.2 Å². The molecule has 1 aliphatic rings. The van der Waals surface area contributed by atoms with Crippen molar-refractivity contribution in [1.29, 1.82) is 0 Å². The highest BCUT2D eigenvalue weighted by molar-refractivity contribution is 9.10. The Morgan fingerprint density at radius 2 is 2.50 bits per heavy atom. The summed E-state index contributed by atoms with van der Waals surface area (Å²) in [5.41, 5.74) is 0. The van der Waals surface area contributed by atoms with Crippen LogP contribution >= 0.6 is 27.3 Å². The molecule has 18 heavy (non-hydrogen) atoms. The molecule has 0 amide bonds. The second-order valence-electron chi connectivity index (χ2n) is 4.81. The topological polar surface area (TPSA) is 24.5 Å². The van der Waals surface area contributed by atoms with Gasteiger partial charge in [-0.15, -0.1) is 11.3 Å². The molecule has 1 fully saturated rings. The van der Waals surface area contributed by atoms with Crippen LogP contribution in [0.4, 0.5) is 0 Å². The SMILES string of the molecule is CN(CCNCc1cc(Br)cs1)CC1CCCO1. The lowest BCUT2D eigenvalue weighted by atomic mass is 10.2. The van der Waals surface area contributed by atoms with Gasteiger partial charge in [0.2, 0.25) is 0 Å². The van der Waals surface area contributed by atoms with Gasteiger partial charge in [0.05, 0.1) is 6.10 Å². The first kappa shape index (κ1) is 14.5. The molecule has 0 aromatic carbocycles. The Hall–Kier alpha value is 0.0600. The molecule has 1 atom stereocenters. The summed E-state index contributed by atoms with van der Waals surface area (Å²) in [5, 5.41) is 5.60. The standard InChI is InChI=1S/C13H21BrN2OS/c1-16(9-12-3-2-6-17-12)5-4-15-8-13-7-11(14)10-18-13/h7,10,12,15H,2-6,8-9H2,1H3. The van der Waals surface area contributed by atoms with E-state index in [9.17, 15) is 0 Å². The Kier molecular flexibility index (Phi) is 6.11. The van der Waals surface area contributed by atoms with E-state index < -0.39 is 0 Å². The van der Waals surface area contributed by atoms with Crippen molar-refractivity contribution in [3.63, 3.8) is 0 Å². The van der Waals surface area contributed by atoms with E-state index in [1.54, 1.807) is 11.3 Å². The zero-order valence-corrected chi connectivity index (χ0v) is 13.2. The Bertz CT molecular complexity index is 353. The molecule has 1 aromatic rings. The molecular formula is C13H21BrN2OS. The van der Waals surface area contributed by atoms with Crippen molar-refractivity contribution in [2.24, 2.45) is 0 Å². The van der Waals surface area contributed by atoms with Crippen LogP contribution in [0.3, 0.4) is 0 Å². The smallest absolute Gasteiger partial charge is 0.0702 e. The summed E-state index contributed by atoms with van der Waals surface area (Å²) in [7, 11) is 2.17. The Balaban J connectivity index is 1.54. The highest BCUT2D eigenvalue weighted by atomic mass is 79.9. The van der Waals surface area contributed by atoms with Crippen LogP contribution in [0.25, 0.3) is 0 Å². The number of nitrogens with one attached hydrogen (secondary N) is 1. The van der Waals surface area contributed by atoms with E-state index in [-0.39, 0.29) is 0 Å². The summed E-state index contributed by atoms with van der Waals surface area (Å²) in [6, 6.07) is 2.17. The van der Waals surface area contributed by atoms with Gasteiger partial charge in [0, 0.05) is 47.5 Å². The van der Waals surface area contributed by atoms with E-state index in [1.165, 1.54) is 22.2 Å². The fourth-order valence-corrected chi connectivity index (χ4v) is 3.58. The number of hydrogen-bond donors (Lipinski definition) is 1. The van der Waals surface area contributed by atoms with E-state index in [2.05, 4.69) is 44.6 Å². The predicted octanol–water partition coefficient (Wildman–Crippen LogP) is 2.71. The summed E-state index contributed by atoms with van der Waals surface area (Å²) >= 11 is 5.27. The second kappa shape index (κ2) is 7.60. The predicted molar refractivity (Wildman–Crippen MR) is 80.2 cm³/mol. The number of hydrogen-bond acceptors (Lipinski definition) is 4. The minimum absolute atomic E-state index is 0.461. The van der Waals surface area contributed by atoms with Gasteiger partial charge in [-0.05, 0) is 41.9 Å². The maximum absolute atomic E-state index is 5.64. The molecule has 2 rings (SSSR count). The fraction of sp³-hybridized carbons (Fsp3) is 0.692. The number of halogens is 1. The van der Waals surface area contributed by atoms with Crippen LogP contribution in [0.1, 0.15) is 17.7 Å². The number of nitrogens with zero attached hydrogens (tertiary/aromatic N) is 1. The Labute approximate surface area is 122 Å². The van der Waals surface area contributed by atoms with Crippen molar-refractivity contribution >= 4 is 27.3 Å². The number of thiophene rings is 1. The van der Waals surface area contributed by atoms with Gasteiger partial charge < -0.3 is 15.0 Å². The van der Waals surface area contributed by atoms with Crippen LogP contribution in [0, 0.1) is 0 Å². The molecule has 0 spiro atoms. The van der Waals surface area contributed by atoms with Crippen LogP contribution in [-0.4, -0.2) is 44.3 Å². The van der Waals surface area contributed by atoms with Gasteiger partial charge in [0.1, 0.15) is 0 Å². The van der Waals surface area contributed by atoms with E-state index in [0.717, 1.165) is 32.8 Å². The Morgan fingerprint density at radius 3 is 3.17 bits per heavy atom. The maximum Gasteiger partial charge on any atom is 0.0702 e. The summed E-state index contributed by atoms with van der Waals surface area (Å²) in [5.74, 6) is 0. The summed E-state index contributed by atoms with van der Waals surface area (Å²) in [6.45, 7) is 5.07. The molecule has 3 nitrogen and oxygen atoms in total. The average Bonchev–Trinajstić information content (AvgIpc) is 2.96. The van der Waals surface area contributed by atoms with Crippen LogP contribution < -0.4 is 5.32 Å². The third kappa shape index (κ3) is 4.97. The quantitative estimate of drug-likeness (QED) is 0.777. The second-order valence-corrected chi connectivity index (χ2v) is 6.72. The molecule has 0 bridgehead atoms. The zero-order chi connectivity index (χ0) is 12.8. The molecule has 1 saturated heterocycles. The molecule has 1 aromatic heterocycles. The largest absolute Gasteiger partial charge is 0.377 e. The van der Waals surface area contributed by atoms with Gasteiger partial charge in [0.15, 0.2) is 0 Å². The molecule has 1 aliphatic heterocycles. The lowest BCUT2D eigenvalue weighted by Crippen LogP contribution is -2.34. The van der Waals surface area contributed by atoms with Crippen molar-refractivity contribution in [2.75, 3.05) is 33.3 Å². The molecule has 5 heteroatoms. The lowest BCUT2D eigenvalue weighted by molar-refractivity contribution is 0.0815. The van der Waals surface area contributed by atoms with Gasteiger partial charge in [0.25, 0.3) is 0 Å².